The smallest absolute Gasteiger partial charge is 0.313 e. The third-order valence-electron chi connectivity index (χ3n) is 5.31. The van der Waals surface area contributed by atoms with E-state index in [2.05, 4.69) is 52.2 Å². The van der Waals surface area contributed by atoms with Crippen molar-refractivity contribution in [2.75, 3.05) is 36.5 Å². The zero-order valence-corrected chi connectivity index (χ0v) is 17.0. The molecule has 3 rings (SSSR count). The van der Waals surface area contributed by atoms with E-state index in [4.69, 9.17) is 4.74 Å². The topological polar surface area (TPSA) is 87.6 Å². The number of morpholine rings is 1. The molecular weight excluding hydrogens is 356 g/mol. The first-order chi connectivity index (χ1) is 13.3. The van der Waals surface area contributed by atoms with Crippen molar-refractivity contribution in [3.8, 4) is 0 Å². The lowest BCUT2D eigenvalue weighted by Gasteiger charge is -2.32. The van der Waals surface area contributed by atoms with Crippen molar-refractivity contribution in [2.24, 2.45) is 0 Å². The number of rotatable bonds is 6. The quantitative estimate of drug-likeness (QED) is 0.792. The van der Waals surface area contributed by atoms with Crippen LogP contribution >= 0.6 is 0 Å². The largest absolute Gasteiger partial charge is 0.481 e. The van der Waals surface area contributed by atoms with Crippen LogP contribution in [0, 0.1) is 13.8 Å². The Bertz CT molecular complexity index is 861. The monoisotopic (exact) mass is 384 g/mol. The molecular formula is C21H28N4O3. The number of ether oxygens (including phenoxy) is 1. The summed E-state index contributed by atoms with van der Waals surface area (Å²) in [5.41, 5.74) is 3.18. The summed E-state index contributed by atoms with van der Waals surface area (Å²) < 4.78 is 5.43. The van der Waals surface area contributed by atoms with E-state index in [1.807, 2.05) is 0 Å². The van der Waals surface area contributed by atoms with E-state index >= 15 is 0 Å². The minimum Gasteiger partial charge on any atom is -0.481 e. The highest BCUT2D eigenvalue weighted by molar-refractivity contribution is 5.82. The molecule has 7 nitrogen and oxygen atoms in total. The number of aromatic nitrogens is 2. The second-order valence-electron chi connectivity index (χ2n) is 7.73. The molecule has 28 heavy (non-hydrogen) atoms. The lowest BCUT2D eigenvalue weighted by atomic mass is 9.85. The first-order valence-electron chi connectivity index (χ1n) is 9.52. The molecule has 1 fully saturated rings. The third-order valence-corrected chi connectivity index (χ3v) is 5.31. The molecule has 0 bridgehead atoms. The Labute approximate surface area is 165 Å². The minimum absolute atomic E-state index is 0.490. The fraction of sp³-hybridized carbons (Fsp3) is 0.476. The number of aliphatic carboxylic acids is 1. The molecule has 1 aliphatic heterocycles. The van der Waals surface area contributed by atoms with Crippen molar-refractivity contribution in [3.05, 3.63) is 46.6 Å². The maximum absolute atomic E-state index is 11.8. The van der Waals surface area contributed by atoms with Crippen molar-refractivity contribution in [3.63, 3.8) is 0 Å². The molecule has 150 valence electrons. The molecule has 1 aromatic heterocycles. The Hall–Kier alpha value is -2.67. The van der Waals surface area contributed by atoms with Crippen molar-refractivity contribution in [1.82, 2.24) is 9.97 Å². The van der Waals surface area contributed by atoms with E-state index < -0.39 is 11.4 Å². The Morgan fingerprint density at radius 1 is 1.25 bits per heavy atom. The SMILES string of the molecule is Cc1ccc(CNc2ncc(C(C)(C)C(=O)O)c(N3CCOCC3)n2)cc1C. The second-order valence-corrected chi connectivity index (χ2v) is 7.73. The molecule has 2 heterocycles. The number of nitrogens with one attached hydrogen (secondary N) is 1. The zero-order chi connectivity index (χ0) is 20.3. The van der Waals surface area contributed by atoms with Gasteiger partial charge in [0.2, 0.25) is 5.95 Å². The fourth-order valence-corrected chi connectivity index (χ4v) is 3.12. The lowest BCUT2D eigenvalue weighted by molar-refractivity contribution is -0.142. The zero-order valence-electron chi connectivity index (χ0n) is 17.0. The predicted octanol–water partition coefficient (Wildman–Crippen LogP) is 2.90. The molecule has 0 saturated carbocycles. The summed E-state index contributed by atoms with van der Waals surface area (Å²) in [6.45, 7) is 10.7. The van der Waals surface area contributed by atoms with Crippen LogP contribution in [0.25, 0.3) is 0 Å². The highest BCUT2D eigenvalue weighted by Gasteiger charge is 2.35. The molecule has 0 unspecified atom stereocenters. The highest BCUT2D eigenvalue weighted by Crippen LogP contribution is 2.32. The summed E-state index contributed by atoms with van der Waals surface area (Å²) in [6.07, 6.45) is 1.63. The fourth-order valence-electron chi connectivity index (χ4n) is 3.12. The van der Waals surface area contributed by atoms with Gasteiger partial charge in [-0.25, -0.2) is 4.98 Å². The van der Waals surface area contributed by atoms with E-state index in [1.165, 1.54) is 11.1 Å². The van der Waals surface area contributed by atoms with Crippen LogP contribution < -0.4 is 10.2 Å². The standard InChI is InChI=1S/C21H28N4O3/c1-14-5-6-16(11-15(14)2)12-22-20-23-13-17(21(3,4)19(26)27)18(24-20)25-7-9-28-10-8-25/h5-6,11,13H,7-10,12H2,1-4H3,(H,26,27)(H,22,23,24). The summed E-state index contributed by atoms with van der Waals surface area (Å²) in [5, 5.41) is 12.9. The number of hydrogen-bond acceptors (Lipinski definition) is 6. The van der Waals surface area contributed by atoms with Gasteiger partial charge in [0.25, 0.3) is 0 Å². The van der Waals surface area contributed by atoms with Crippen LogP contribution in [0.2, 0.25) is 0 Å². The number of aryl methyl sites for hydroxylation is 2. The van der Waals surface area contributed by atoms with Crippen molar-refractivity contribution < 1.29 is 14.6 Å². The summed E-state index contributed by atoms with van der Waals surface area (Å²) in [6, 6.07) is 6.33. The van der Waals surface area contributed by atoms with Crippen LogP contribution in [0.4, 0.5) is 11.8 Å². The maximum atomic E-state index is 11.8. The predicted molar refractivity (Wildman–Crippen MR) is 109 cm³/mol. The molecule has 0 spiro atoms. The Balaban J connectivity index is 1.88. The van der Waals surface area contributed by atoms with E-state index in [0.29, 0.717) is 50.2 Å². The number of nitrogens with zero attached hydrogens (tertiary/aromatic N) is 3. The summed E-state index contributed by atoms with van der Waals surface area (Å²) in [5.74, 6) is 0.249. The average Bonchev–Trinajstić information content (AvgIpc) is 2.69. The molecule has 2 aromatic rings. The van der Waals surface area contributed by atoms with Crippen LogP contribution in [0.15, 0.2) is 24.4 Å². The van der Waals surface area contributed by atoms with Crippen LogP contribution in [-0.4, -0.2) is 47.3 Å². The van der Waals surface area contributed by atoms with Crippen LogP contribution in [0.3, 0.4) is 0 Å². The Kier molecular flexibility index (Phi) is 5.84. The van der Waals surface area contributed by atoms with Gasteiger partial charge >= 0.3 is 5.97 Å². The third kappa shape index (κ3) is 4.25. The van der Waals surface area contributed by atoms with Gasteiger partial charge in [-0.3, -0.25) is 4.79 Å². The first-order valence-corrected chi connectivity index (χ1v) is 9.52. The van der Waals surface area contributed by atoms with Crippen molar-refractivity contribution in [1.29, 1.82) is 0 Å². The summed E-state index contributed by atoms with van der Waals surface area (Å²) in [7, 11) is 0. The van der Waals surface area contributed by atoms with E-state index in [0.717, 1.165) is 5.56 Å². The number of hydrogen-bond donors (Lipinski definition) is 2. The van der Waals surface area contributed by atoms with Crippen molar-refractivity contribution >= 4 is 17.7 Å². The van der Waals surface area contributed by atoms with Gasteiger partial charge in [0, 0.05) is 31.4 Å². The highest BCUT2D eigenvalue weighted by atomic mass is 16.5. The van der Waals surface area contributed by atoms with Gasteiger partial charge in [-0.15, -0.1) is 0 Å². The molecule has 2 N–H and O–H groups in total. The number of anilines is 2. The first kappa shape index (κ1) is 20.1. The number of carboxylic acid groups (broad SMARTS) is 1. The van der Waals surface area contributed by atoms with Crippen LogP contribution in [-0.2, 0) is 21.5 Å². The summed E-state index contributed by atoms with van der Waals surface area (Å²) in [4.78, 5) is 23.0. The van der Waals surface area contributed by atoms with Gasteiger partial charge in [0.05, 0.1) is 18.6 Å². The number of carbonyl (C=O) groups is 1. The normalized spacial score (nSPS) is 14.8. The van der Waals surface area contributed by atoms with Crippen LogP contribution in [0.5, 0.6) is 0 Å². The minimum atomic E-state index is -1.08. The molecule has 0 aliphatic carbocycles. The van der Waals surface area contributed by atoms with Gasteiger partial charge in [-0.2, -0.15) is 4.98 Å². The number of carboxylic acids is 1. The van der Waals surface area contributed by atoms with Gasteiger partial charge in [-0.1, -0.05) is 18.2 Å². The maximum Gasteiger partial charge on any atom is 0.313 e. The van der Waals surface area contributed by atoms with E-state index in [-0.39, 0.29) is 0 Å². The molecule has 1 aromatic carbocycles. The molecule has 0 radical (unpaired) electrons. The Morgan fingerprint density at radius 3 is 2.61 bits per heavy atom. The van der Waals surface area contributed by atoms with Crippen molar-refractivity contribution in [2.45, 2.75) is 39.7 Å². The molecule has 0 atom stereocenters. The molecule has 7 heteroatoms. The van der Waals surface area contributed by atoms with E-state index in [9.17, 15) is 9.90 Å². The lowest BCUT2D eigenvalue weighted by Crippen LogP contribution is -2.40. The molecule has 1 aliphatic rings. The van der Waals surface area contributed by atoms with Gasteiger partial charge in [0.15, 0.2) is 0 Å². The van der Waals surface area contributed by atoms with E-state index in [1.54, 1.807) is 20.0 Å². The van der Waals surface area contributed by atoms with Gasteiger partial charge in [0.1, 0.15) is 5.82 Å². The Morgan fingerprint density at radius 2 is 1.96 bits per heavy atom. The van der Waals surface area contributed by atoms with Crippen LogP contribution in [0.1, 0.15) is 36.1 Å². The summed E-state index contributed by atoms with van der Waals surface area (Å²) >= 11 is 0. The van der Waals surface area contributed by atoms with Gasteiger partial charge in [-0.05, 0) is 44.4 Å². The molecule has 0 amide bonds. The molecule has 1 saturated heterocycles. The number of benzene rings is 1. The second kappa shape index (κ2) is 8.14. The average molecular weight is 384 g/mol. The van der Waals surface area contributed by atoms with Gasteiger partial charge < -0.3 is 20.1 Å².